The van der Waals surface area contributed by atoms with Gasteiger partial charge in [0.15, 0.2) is 0 Å². The van der Waals surface area contributed by atoms with E-state index in [0.717, 1.165) is 50.1 Å². The highest BCUT2D eigenvalue weighted by molar-refractivity contribution is 5.91. The summed E-state index contributed by atoms with van der Waals surface area (Å²) in [6.45, 7) is 9.58. The molecule has 0 radical (unpaired) electrons. The summed E-state index contributed by atoms with van der Waals surface area (Å²) >= 11 is 0. The van der Waals surface area contributed by atoms with Crippen molar-refractivity contribution >= 4 is 17.3 Å². The van der Waals surface area contributed by atoms with Gasteiger partial charge in [-0.2, -0.15) is 0 Å². The number of nitrogens with two attached hydrogens (primary N) is 1. The normalized spacial score (nSPS) is 10.9. The number of hydrogen-bond acceptors (Lipinski definition) is 3. The van der Waals surface area contributed by atoms with Crippen LogP contribution in [0.25, 0.3) is 0 Å². The fraction of sp³-hybridized carbons (Fsp3) is 0.588. The van der Waals surface area contributed by atoms with Gasteiger partial charge in [-0.25, -0.2) is 0 Å². The fourth-order valence-electron chi connectivity index (χ4n) is 2.42. The molecule has 1 amide bonds. The topological polar surface area (TPSA) is 58.4 Å². The van der Waals surface area contributed by atoms with Crippen LogP contribution in [0.2, 0.25) is 0 Å². The first-order chi connectivity index (χ1) is 10.1. The lowest BCUT2D eigenvalue weighted by atomic mass is 10.1. The molecule has 3 N–H and O–H groups in total. The molecule has 0 aliphatic heterocycles. The predicted molar refractivity (Wildman–Crippen MR) is 90.5 cm³/mol. The largest absolute Gasteiger partial charge is 0.399 e. The van der Waals surface area contributed by atoms with Crippen LogP contribution in [0.1, 0.15) is 45.1 Å². The van der Waals surface area contributed by atoms with Crippen molar-refractivity contribution in [1.82, 2.24) is 4.90 Å². The summed E-state index contributed by atoms with van der Waals surface area (Å²) in [7, 11) is 0. The van der Waals surface area contributed by atoms with Gasteiger partial charge in [0.05, 0.1) is 0 Å². The second-order valence-corrected chi connectivity index (χ2v) is 5.57. The van der Waals surface area contributed by atoms with E-state index in [1.54, 1.807) is 0 Å². The molecule has 0 bridgehead atoms. The third-order valence-corrected chi connectivity index (χ3v) is 3.49. The maximum atomic E-state index is 12.0. The summed E-state index contributed by atoms with van der Waals surface area (Å²) in [6.07, 6.45) is 3.77. The molecule has 1 aromatic carbocycles. The molecule has 1 aromatic rings. The van der Waals surface area contributed by atoms with Gasteiger partial charge in [-0.15, -0.1) is 0 Å². The molecule has 0 heterocycles. The van der Waals surface area contributed by atoms with Crippen LogP contribution in [0, 0.1) is 6.92 Å². The minimum Gasteiger partial charge on any atom is -0.399 e. The quantitative estimate of drug-likeness (QED) is 0.685. The molecule has 0 aromatic heterocycles. The van der Waals surface area contributed by atoms with Crippen molar-refractivity contribution in [1.29, 1.82) is 0 Å². The van der Waals surface area contributed by atoms with E-state index in [2.05, 4.69) is 24.1 Å². The van der Waals surface area contributed by atoms with Crippen molar-refractivity contribution in [3.63, 3.8) is 0 Å². The van der Waals surface area contributed by atoms with Crippen LogP contribution in [0.4, 0.5) is 11.4 Å². The minimum absolute atomic E-state index is 0.0663. The minimum atomic E-state index is 0.0663. The Kier molecular flexibility index (Phi) is 7.83. The SMILES string of the molecule is CCCN(CCC)CCCC(=O)Nc1cc(N)ccc1C. The molecule has 118 valence electrons. The van der Waals surface area contributed by atoms with E-state index in [9.17, 15) is 4.79 Å². The monoisotopic (exact) mass is 291 g/mol. The van der Waals surface area contributed by atoms with E-state index >= 15 is 0 Å². The third kappa shape index (κ3) is 6.63. The number of nitrogens with one attached hydrogen (secondary N) is 1. The average Bonchev–Trinajstić information content (AvgIpc) is 2.43. The second kappa shape index (κ2) is 9.40. The van der Waals surface area contributed by atoms with Crippen LogP contribution < -0.4 is 11.1 Å². The molecule has 0 saturated heterocycles. The highest BCUT2D eigenvalue weighted by atomic mass is 16.1. The third-order valence-electron chi connectivity index (χ3n) is 3.49. The van der Waals surface area contributed by atoms with Crippen molar-refractivity contribution in [3.8, 4) is 0 Å². The number of amides is 1. The van der Waals surface area contributed by atoms with Crippen LogP contribution in [-0.2, 0) is 4.79 Å². The molecule has 0 atom stereocenters. The van der Waals surface area contributed by atoms with E-state index in [1.807, 2.05) is 25.1 Å². The first kappa shape index (κ1) is 17.5. The van der Waals surface area contributed by atoms with Crippen molar-refractivity contribution in [2.24, 2.45) is 0 Å². The number of aryl methyl sites for hydroxylation is 1. The van der Waals surface area contributed by atoms with Gasteiger partial charge in [-0.3, -0.25) is 4.79 Å². The maximum absolute atomic E-state index is 12.0. The molecular formula is C17H29N3O. The Bertz CT molecular complexity index is 440. The number of nitrogens with zero attached hydrogens (tertiary/aromatic N) is 1. The number of nitrogen functional groups attached to an aromatic ring is 1. The summed E-state index contributed by atoms with van der Waals surface area (Å²) in [5, 5.41) is 2.95. The fourth-order valence-corrected chi connectivity index (χ4v) is 2.42. The van der Waals surface area contributed by atoms with E-state index in [-0.39, 0.29) is 5.91 Å². The standard InChI is InChI=1S/C17H29N3O/c1-4-10-20(11-5-2)12-6-7-17(21)19-16-13-15(18)9-8-14(16)3/h8-9,13H,4-7,10-12,18H2,1-3H3,(H,19,21). The highest BCUT2D eigenvalue weighted by Crippen LogP contribution is 2.18. The summed E-state index contributed by atoms with van der Waals surface area (Å²) in [4.78, 5) is 14.4. The van der Waals surface area contributed by atoms with Gasteiger partial charge in [0.25, 0.3) is 0 Å². The van der Waals surface area contributed by atoms with Crippen LogP contribution >= 0.6 is 0 Å². The lowest BCUT2D eigenvalue weighted by molar-refractivity contribution is -0.116. The summed E-state index contributed by atoms with van der Waals surface area (Å²) in [5.74, 6) is 0.0663. The molecule has 1 rings (SSSR count). The Morgan fingerprint density at radius 1 is 1.19 bits per heavy atom. The number of carbonyl (C=O) groups is 1. The van der Waals surface area contributed by atoms with Crippen molar-refractivity contribution in [3.05, 3.63) is 23.8 Å². The van der Waals surface area contributed by atoms with E-state index in [1.165, 1.54) is 0 Å². The molecule has 0 spiro atoms. The zero-order valence-electron chi connectivity index (χ0n) is 13.6. The molecule has 0 saturated carbocycles. The Hall–Kier alpha value is -1.55. The summed E-state index contributed by atoms with van der Waals surface area (Å²) in [5.41, 5.74) is 8.28. The molecule has 4 nitrogen and oxygen atoms in total. The van der Waals surface area contributed by atoms with E-state index in [4.69, 9.17) is 5.73 Å². The number of hydrogen-bond donors (Lipinski definition) is 2. The zero-order chi connectivity index (χ0) is 15.7. The Morgan fingerprint density at radius 2 is 1.86 bits per heavy atom. The molecular weight excluding hydrogens is 262 g/mol. The number of rotatable bonds is 9. The van der Waals surface area contributed by atoms with E-state index < -0.39 is 0 Å². The first-order valence-corrected chi connectivity index (χ1v) is 7.95. The lowest BCUT2D eigenvalue weighted by Crippen LogP contribution is -2.27. The van der Waals surface area contributed by atoms with E-state index in [0.29, 0.717) is 12.1 Å². The maximum Gasteiger partial charge on any atom is 0.224 e. The lowest BCUT2D eigenvalue weighted by Gasteiger charge is -2.20. The summed E-state index contributed by atoms with van der Waals surface area (Å²) in [6, 6.07) is 5.58. The smallest absolute Gasteiger partial charge is 0.224 e. The highest BCUT2D eigenvalue weighted by Gasteiger charge is 2.07. The van der Waals surface area contributed by atoms with Crippen LogP contribution in [-0.4, -0.2) is 30.4 Å². The molecule has 0 fully saturated rings. The number of carbonyl (C=O) groups excluding carboxylic acids is 1. The number of benzene rings is 1. The van der Waals surface area contributed by atoms with Gasteiger partial charge in [0.2, 0.25) is 5.91 Å². The zero-order valence-corrected chi connectivity index (χ0v) is 13.6. The summed E-state index contributed by atoms with van der Waals surface area (Å²) < 4.78 is 0. The van der Waals surface area contributed by atoms with Gasteiger partial charge in [0.1, 0.15) is 0 Å². The first-order valence-electron chi connectivity index (χ1n) is 7.95. The van der Waals surface area contributed by atoms with Crippen LogP contribution in [0.15, 0.2) is 18.2 Å². The predicted octanol–water partition coefficient (Wildman–Crippen LogP) is 3.42. The number of anilines is 2. The van der Waals surface area contributed by atoms with Gasteiger partial charge in [-0.05, 0) is 63.5 Å². The molecule has 0 aliphatic carbocycles. The molecule has 0 aliphatic rings. The van der Waals surface area contributed by atoms with Gasteiger partial charge >= 0.3 is 0 Å². The van der Waals surface area contributed by atoms with Crippen molar-refractivity contribution < 1.29 is 4.79 Å². The molecule has 21 heavy (non-hydrogen) atoms. The molecule has 0 unspecified atom stereocenters. The van der Waals surface area contributed by atoms with Crippen LogP contribution in [0.3, 0.4) is 0 Å². The second-order valence-electron chi connectivity index (χ2n) is 5.57. The average molecular weight is 291 g/mol. The Morgan fingerprint density at radius 3 is 2.48 bits per heavy atom. The van der Waals surface area contributed by atoms with Crippen LogP contribution in [0.5, 0.6) is 0 Å². The molecule has 4 heteroatoms. The van der Waals surface area contributed by atoms with Crippen molar-refractivity contribution in [2.45, 2.75) is 46.5 Å². The van der Waals surface area contributed by atoms with Gasteiger partial charge in [0, 0.05) is 17.8 Å². The van der Waals surface area contributed by atoms with Gasteiger partial charge in [-0.1, -0.05) is 19.9 Å². The van der Waals surface area contributed by atoms with Gasteiger partial charge < -0.3 is 16.0 Å². The Labute approximate surface area is 128 Å². The Balaban J connectivity index is 2.38. The van der Waals surface area contributed by atoms with Crippen molar-refractivity contribution in [2.75, 3.05) is 30.7 Å².